The molecule has 2 aromatic carbocycles. The Morgan fingerprint density at radius 2 is 1.93 bits per heavy atom. The maximum Gasteiger partial charge on any atom is 0.242 e. The molecule has 1 amide bonds. The van der Waals surface area contributed by atoms with Gasteiger partial charge in [-0.1, -0.05) is 31.2 Å². The van der Waals surface area contributed by atoms with Crippen molar-refractivity contribution in [3.63, 3.8) is 0 Å². The lowest BCUT2D eigenvalue weighted by atomic mass is 9.97. The number of amides is 1. The Hall–Kier alpha value is -3.26. The van der Waals surface area contributed by atoms with E-state index in [1.165, 1.54) is 0 Å². The summed E-state index contributed by atoms with van der Waals surface area (Å²) in [5.74, 6) is -0.0448. The van der Waals surface area contributed by atoms with Gasteiger partial charge in [-0.05, 0) is 41.5 Å². The third kappa shape index (κ3) is 4.18. The van der Waals surface area contributed by atoms with E-state index >= 15 is 0 Å². The summed E-state index contributed by atoms with van der Waals surface area (Å²) in [5.41, 5.74) is 4.04. The molecule has 1 atom stereocenters. The summed E-state index contributed by atoms with van der Waals surface area (Å²) in [7, 11) is -3.33. The summed E-state index contributed by atoms with van der Waals surface area (Å²) in [6.45, 7) is 1.82. The molecule has 154 valence electrons. The Kier molecular flexibility index (Phi) is 5.26. The predicted molar refractivity (Wildman–Crippen MR) is 118 cm³/mol. The van der Waals surface area contributed by atoms with Gasteiger partial charge in [0.1, 0.15) is 0 Å². The second kappa shape index (κ2) is 7.87. The smallest absolute Gasteiger partial charge is 0.242 e. The van der Waals surface area contributed by atoms with Crippen LogP contribution in [0.15, 0.2) is 65.9 Å². The average molecular weight is 423 g/mol. The number of hydrogen-bond acceptors (Lipinski definition) is 5. The van der Waals surface area contributed by atoms with Crippen LogP contribution in [0.25, 0.3) is 10.9 Å². The first-order valence-electron chi connectivity index (χ1n) is 9.66. The van der Waals surface area contributed by atoms with Crippen molar-refractivity contribution in [3.05, 3.63) is 71.9 Å². The summed E-state index contributed by atoms with van der Waals surface area (Å²) in [5, 5.41) is 7.20. The van der Waals surface area contributed by atoms with E-state index in [0.717, 1.165) is 34.0 Å². The van der Waals surface area contributed by atoms with Crippen LogP contribution in [-0.4, -0.2) is 36.3 Å². The second-order valence-corrected chi connectivity index (χ2v) is 9.01. The van der Waals surface area contributed by atoms with Crippen LogP contribution in [0.4, 0.5) is 5.69 Å². The molecule has 30 heavy (non-hydrogen) atoms. The van der Waals surface area contributed by atoms with E-state index in [1.54, 1.807) is 23.3 Å². The molecular weight excluding hydrogens is 400 g/mol. The first-order valence-corrected chi connectivity index (χ1v) is 11.6. The van der Waals surface area contributed by atoms with Gasteiger partial charge in [0.2, 0.25) is 15.9 Å². The number of sulfonamides is 1. The second-order valence-electron chi connectivity index (χ2n) is 7.27. The number of benzene rings is 2. The fourth-order valence-corrected chi connectivity index (χ4v) is 4.15. The summed E-state index contributed by atoms with van der Waals surface area (Å²) in [4.78, 5) is 16.9. The fraction of sp³-hybridized carbons (Fsp3) is 0.227. The van der Waals surface area contributed by atoms with E-state index in [9.17, 15) is 13.2 Å². The lowest BCUT2D eigenvalue weighted by molar-refractivity contribution is -0.132. The van der Waals surface area contributed by atoms with Gasteiger partial charge in [0.05, 0.1) is 23.5 Å². The fourth-order valence-electron chi connectivity index (χ4n) is 3.58. The predicted octanol–water partition coefficient (Wildman–Crippen LogP) is 3.69. The normalized spacial score (nSPS) is 16.5. The molecule has 1 aliphatic heterocycles. The molecule has 1 unspecified atom stereocenters. The monoisotopic (exact) mass is 422 g/mol. The Morgan fingerprint density at radius 3 is 2.63 bits per heavy atom. The third-order valence-electron chi connectivity index (χ3n) is 5.00. The van der Waals surface area contributed by atoms with Gasteiger partial charge in [-0.3, -0.25) is 14.5 Å². The van der Waals surface area contributed by atoms with Crippen molar-refractivity contribution in [1.82, 2.24) is 9.99 Å². The summed E-state index contributed by atoms with van der Waals surface area (Å²) < 4.78 is 25.3. The van der Waals surface area contributed by atoms with Crippen molar-refractivity contribution in [2.75, 3.05) is 11.0 Å². The van der Waals surface area contributed by atoms with Crippen molar-refractivity contribution in [3.8, 4) is 0 Å². The van der Waals surface area contributed by atoms with Crippen LogP contribution in [-0.2, 0) is 14.8 Å². The quantitative estimate of drug-likeness (QED) is 0.679. The number of rotatable bonds is 5. The average Bonchev–Trinajstić information content (AvgIpc) is 3.17. The maximum absolute atomic E-state index is 12.6. The minimum Gasteiger partial charge on any atom is -0.284 e. The van der Waals surface area contributed by atoms with Gasteiger partial charge in [0.15, 0.2) is 0 Å². The van der Waals surface area contributed by atoms with Crippen molar-refractivity contribution >= 4 is 38.2 Å². The number of aromatic nitrogens is 1. The molecule has 1 aliphatic rings. The number of hydrazone groups is 1. The maximum atomic E-state index is 12.6. The van der Waals surface area contributed by atoms with Crippen LogP contribution < -0.4 is 4.72 Å². The zero-order valence-electron chi connectivity index (χ0n) is 16.7. The van der Waals surface area contributed by atoms with Crippen molar-refractivity contribution in [2.45, 2.75) is 25.8 Å². The van der Waals surface area contributed by atoms with Gasteiger partial charge < -0.3 is 0 Å². The third-order valence-corrected chi connectivity index (χ3v) is 5.61. The molecule has 0 saturated carbocycles. The number of fused-ring (bicyclic) bond motifs is 1. The highest BCUT2D eigenvalue weighted by Crippen LogP contribution is 2.34. The molecule has 2 heterocycles. The number of nitrogens with one attached hydrogen (secondary N) is 1. The number of nitrogens with zero attached hydrogens (tertiary/aromatic N) is 3. The molecule has 0 fully saturated rings. The number of carbonyl (C=O) groups is 1. The van der Waals surface area contributed by atoms with Crippen molar-refractivity contribution < 1.29 is 13.2 Å². The molecule has 1 aromatic heterocycles. The summed E-state index contributed by atoms with van der Waals surface area (Å²) in [6.07, 6.45) is 3.81. The van der Waals surface area contributed by atoms with Gasteiger partial charge >= 0.3 is 0 Å². The molecule has 0 radical (unpaired) electrons. The zero-order valence-corrected chi connectivity index (χ0v) is 17.6. The molecule has 7 nitrogen and oxygen atoms in total. The Balaban J connectivity index is 1.65. The number of carbonyl (C=O) groups excluding carboxylic acids is 1. The van der Waals surface area contributed by atoms with Crippen LogP contribution in [0.5, 0.6) is 0 Å². The molecule has 4 rings (SSSR count). The van der Waals surface area contributed by atoms with E-state index in [2.05, 4.69) is 20.9 Å². The van der Waals surface area contributed by atoms with Crippen LogP contribution in [0.1, 0.15) is 36.9 Å². The molecule has 0 bridgehead atoms. The standard InChI is InChI=1S/C22H22N4O3S/c1-3-22(27)26-21(17-8-11-19-16(13-17)5-4-12-23-19)14-20(24-26)15-6-9-18(10-7-15)25-30(2,28)29/h4-13,21,25H,3,14H2,1-2H3. The van der Waals surface area contributed by atoms with Gasteiger partial charge in [0, 0.05) is 30.1 Å². The van der Waals surface area contributed by atoms with Gasteiger partial charge in [-0.15, -0.1) is 0 Å². The number of pyridine rings is 1. The highest BCUT2D eigenvalue weighted by molar-refractivity contribution is 7.92. The van der Waals surface area contributed by atoms with E-state index in [1.807, 2.05) is 43.3 Å². The molecule has 3 aromatic rings. The van der Waals surface area contributed by atoms with Crippen LogP contribution in [0, 0.1) is 0 Å². The van der Waals surface area contributed by atoms with E-state index in [0.29, 0.717) is 18.5 Å². The first-order chi connectivity index (χ1) is 14.3. The lowest BCUT2D eigenvalue weighted by Gasteiger charge is -2.21. The Morgan fingerprint density at radius 1 is 1.17 bits per heavy atom. The van der Waals surface area contributed by atoms with Crippen molar-refractivity contribution in [2.24, 2.45) is 5.10 Å². The van der Waals surface area contributed by atoms with Gasteiger partial charge in [0.25, 0.3) is 0 Å². The summed E-state index contributed by atoms with van der Waals surface area (Å²) in [6, 6.07) is 16.7. The van der Waals surface area contributed by atoms with Crippen LogP contribution in [0.3, 0.4) is 0 Å². The lowest BCUT2D eigenvalue weighted by Crippen LogP contribution is -2.26. The van der Waals surface area contributed by atoms with E-state index in [-0.39, 0.29) is 11.9 Å². The molecule has 1 N–H and O–H groups in total. The number of hydrogen-bond donors (Lipinski definition) is 1. The molecular formula is C22H22N4O3S. The molecule has 0 aliphatic carbocycles. The van der Waals surface area contributed by atoms with Crippen LogP contribution in [0.2, 0.25) is 0 Å². The molecule has 8 heteroatoms. The minimum atomic E-state index is -3.33. The first kappa shape index (κ1) is 20.0. The number of anilines is 1. The SMILES string of the molecule is CCC(=O)N1N=C(c2ccc(NS(C)(=O)=O)cc2)CC1c1ccc2ncccc2c1. The largest absolute Gasteiger partial charge is 0.284 e. The van der Waals surface area contributed by atoms with E-state index in [4.69, 9.17) is 0 Å². The molecule has 0 spiro atoms. The van der Waals surface area contributed by atoms with Crippen molar-refractivity contribution in [1.29, 1.82) is 0 Å². The minimum absolute atomic E-state index is 0.0448. The van der Waals surface area contributed by atoms with Gasteiger partial charge in [-0.2, -0.15) is 5.10 Å². The Labute approximate surface area is 175 Å². The van der Waals surface area contributed by atoms with Gasteiger partial charge in [-0.25, -0.2) is 13.4 Å². The summed E-state index contributed by atoms with van der Waals surface area (Å²) >= 11 is 0. The highest BCUT2D eigenvalue weighted by Gasteiger charge is 2.32. The topological polar surface area (TPSA) is 91.7 Å². The Bertz CT molecular complexity index is 1240. The van der Waals surface area contributed by atoms with Crippen LogP contribution >= 0.6 is 0 Å². The van der Waals surface area contributed by atoms with E-state index < -0.39 is 10.0 Å². The molecule has 0 saturated heterocycles. The zero-order chi connectivity index (χ0) is 21.3. The highest BCUT2D eigenvalue weighted by atomic mass is 32.2.